The standard InChI is InChI=1S/C25H21ClO3S/c1-18-7-11-23(30-14-13-19-5-3-2-4-6-19)16-20(18)8-9-21-15-22(26)10-12-24(21)29-17-25(27)28/h2-7,10-12,15-16H,13-14,17H2,1H3,(H,27,28). The molecule has 0 saturated carbocycles. The number of ether oxygens (including phenoxy) is 1. The van der Waals surface area contributed by atoms with Gasteiger partial charge in [-0.15, -0.1) is 11.8 Å². The van der Waals surface area contributed by atoms with Crippen LogP contribution in [0.3, 0.4) is 0 Å². The van der Waals surface area contributed by atoms with Gasteiger partial charge in [-0.3, -0.25) is 0 Å². The number of aryl methyl sites for hydroxylation is 2. The van der Waals surface area contributed by atoms with E-state index in [1.54, 1.807) is 30.0 Å². The van der Waals surface area contributed by atoms with Crippen LogP contribution in [0.15, 0.2) is 71.6 Å². The number of benzene rings is 3. The number of aliphatic carboxylic acids is 1. The normalized spacial score (nSPS) is 10.2. The molecular formula is C25H21ClO3S. The van der Waals surface area contributed by atoms with E-state index < -0.39 is 12.6 Å². The van der Waals surface area contributed by atoms with Crippen molar-refractivity contribution in [1.82, 2.24) is 0 Å². The van der Waals surface area contributed by atoms with E-state index in [0.717, 1.165) is 28.2 Å². The second-order valence-corrected chi connectivity index (χ2v) is 8.24. The zero-order chi connectivity index (χ0) is 21.3. The van der Waals surface area contributed by atoms with Gasteiger partial charge in [-0.2, -0.15) is 0 Å². The third-order valence-electron chi connectivity index (χ3n) is 4.34. The van der Waals surface area contributed by atoms with Crippen LogP contribution in [0.2, 0.25) is 5.02 Å². The first-order chi connectivity index (χ1) is 14.5. The minimum Gasteiger partial charge on any atom is -0.481 e. The van der Waals surface area contributed by atoms with Crippen LogP contribution in [-0.4, -0.2) is 23.4 Å². The second kappa shape index (κ2) is 10.8. The molecule has 0 aliphatic heterocycles. The first-order valence-corrected chi connectivity index (χ1v) is 10.8. The van der Waals surface area contributed by atoms with Crippen LogP contribution < -0.4 is 4.74 Å². The monoisotopic (exact) mass is 436 g/mol. The molecule has 0 bridgehead atoms. The third kappa shape index (κ3) is 6.59. The topological polar surface area (TPSA) is 46.5 Å². The van der Waals surface area contributed by atoms with Gasteiger partial charge in [-0.1, -0.05) is 59.8 Å². The summed E-state index contributed by atoms with van der Waals surface area (Å²) in [5.74, 6) is 6.61. The summed E-state index contributed by atoms with van der Waals surface area (Å²) in [4.78, 5) is 12.0. The molecule has 3 aromatic carbocycles. The quantitative estimate of drug-likeness (QED) is 0.373. The predicted octanol–water partition coefficient (Wildman–Crippen LogP) is 5.85. The minimum atomic E-state index is -1.04. The van der Waals surface area contributed by atoms with Gasteiger partial charge in [0.25, 0.3) is 0 Å². The maximum absolute atomic E-state index is 10.8. The first-order valence-electron chi connectivity index (χ1n) is 9.45. The number of hydrogen-bond donors (Lipinski definition) is 1. The lowest BCUT2D eigenvalue weighted by atomic mass is 10.1. The fraction of sp³-hybridized carbons (Fsp3) is 0.160. The summed E-state index contributed by atoms with van der Waals surface area (Å²) in [6.45, 7) is 1.59. The van der Waals surface area contributed by atoms with Crippen LogP contribution >= 0.6 is 23.4 Å². The van der Waals surface area contributed by atoms with Gasteiger partial charge in [0.15, 0.2) is 6.61 Å². The van der Waals surface area contributed by atoms with Gasteiger partial charge in [-0.25, -0.2) is 4.79 Å². The fourth-order valence-electron chi connectivity index (χ4n) is 2.76. The summed E-state index contributed by atoms with van der Waals surface area (Å²) < 4.78 is 5.33. The van der Waals surface area contributed by atoms with Crippen LogP contribution in [0.4, 0.5) is 0 Å². The summed E-state index contributed by atoms with van der Waals surface area (Å²) in [6.07, 6.45) is 1.01. The number of carbonyl (C=O) groups is 1. The van der Waals surface area contributed by atoms with Crippen LogP contribution in [0.1, 0.15) is 22.3 Å². The predicted molar refractivity (Wildman–Crippen MR) is 123 cm³/mol. The van der Waals surface area contributed by atoms with Crippen molar-refractivity contribution in [3.05, 3.63) is 94.0 Å². The smallest absolute Gasteiger partial charge is 0.341 e. The Hall–Kier alpha value is -2.87. The number of rotatable bonds is 7. The SMILES string of the molecule is Cc1ccc(SCCc2ccccc2)cc1C#Cc1cc(Cl)ccc1OCC(=O)O. The van der Waals surface area contributed by atoms with Gasteiger partial charge in [0, 0.05) is 21.2 Å². The average Bonchev–Trinajstić information content (AvgIpc) is 2.74. The van der Waals surface area contributed by atoms with Crippen molar-refractivity contribution in [3.63, 3.8) is 0 Å². The molecule has 0 heterocycles. The van der Waals surface area contributed by atoms with Crippen molar-refractivity contribution >= 4 is 29.3 Å². The highest BCUT2D eigenvalue weighted by Crippen LogP contribution is 2.24. The van der Waals surface area contributed by atoms with Crippen molar-refractivity contribution in [1.29, 1.82) is 0 Å². The van der Waals surface area contributed by atoms with Gasteiger partial charge >= 0.3 is 5.97 Å². The zero-order valence-corrected chi connectivity index (χ0v) is 18.1. The lowest BCUT2D eigenvalue weighted by Crippen LogP contribution is -2.10. The third-order valence-corrected chi connectivity index (χ3v) is 5.57. The van der Waals surface area contributed by atoms with Crippen LogP contribution in [0.25, 0.3) is 0 Å². The van der Waals surface area contributed by atoms with Crippen LogP contribution in [0, 0.1) is 18.8 Å². The molecule has 30 heavy (non-hydrogen) atoms. The summed E-state index contributed by atoms with van der Waals surface area (Å²) >= 11 is 7.88. The molecule has 3 nitrogen and oxygen atoms in total. The Morgan fingerprint density at radius 3 is 2.57 bits per heavy atom. The van der Waals surface area contributed by atoms with E-state index in [2.05, 4.69) is 54.3 Å². The van der Waals surface area contributed by atoms with Crippen molar-refractivity contribution in [3.8, 4) is 17.6 Å². The van der Waals surface area contributed by atoms with E-state index in [-0.39, 0.29) is 0 Å². The molecule has 5 heteroatoms. The van der Waals surface area contributed by atoms with Crippen molar-refractivity contribution in [2.24, 2.45) is 0 Å². The van der Waals surface area contributed by atoms with E-state index >= 15 is 0 Å². The molecule has 0 aliphatic carbocycles. The largest absolute Gasteiger partial charge is 0.481 e. The lowest BCUT2D eigenvalue weighted by Gasteiger charge is -2.07. The van der Waals surface area contributed by atoms with Crippen molar-refractivity contribution in [2.45, 2.75) is 18.2 Å². The zero-order valence-electron chi connectivity index (χ0n) is 16.5. The molecule has 0 saturated heterocycles. The van der Waals surface area contributed by atoms with Crippen LogP contribution in [0.5, 0.6) is 5.75 Å². The maximum Gasteiger partial charge on any atom is 0.341 e. The Bertz CT molecular complexity index is 1080. The molecule has 0 amide bonds. The summed E-state index contributed by atoms with van der Waals surface area (Å²) in [6, 6.07) is 21.7. The van der Waals surface area contributed by atoms with E-state index in [1.165, 1.54) is 5.56 Å². The summed E-state index contributed by atoms with van der Waals surface area (Å²) in [5.41, 5.74) is 3.88. The van der Waals surface area contributed by atoms with Gasteiger partial charge in [0.05, 0.1) is 5.56 Å². The Balaban J connectivity index is 1.74. The number of carboxylic acids is 1. The molecule has 0 atom stereocenters. The fourth-order valence-corrected chi connectivity index (χ4v) is 3.87. The Kier molecular flexibility index (Phi) is 7.84. The molecule has 1 N–H and O–H groups in total. The molecule has 0 radical (unpaired) electrons. The van der Waals surface area contributed by atoms with E-state index in [1.807, 2.05) is 13.0 Å². The molecule has 0 aliphatic rings. The number of carboxylic acid groups (broad SMARTS) is 1. The molecule has 3 rings (SSSR count). The Labute approximate surface area is 186 Å². The lowest BCUT2D eigenvalue weighted by molar-refractivity contribution is -0.139. The first kappa shape index (κ1) is 21.8. The van der Waals surface area contributed by atoms with E-state index in [0.29, 0.717) is 16.3 Å². The molecule has 0 fully saturated rings. The number of thioether (sulfide) groups is 1. The summed E-state index contributed by atoms with van der Waals surface area (Å²) in [5, 5.41) is 9.37. The maximum atomic E-state index is 10.8. The van der Waals surface area contributed by atoms with Gasteiger partial charge in [-0.05, 0) is 54.8 Å². The number of hydrogen-bond acceptors (Lipinski definition) is 3. The molecule has 0 aromatic heterocycles. The molecule has 152 valence electrons. The van der Waals surface area contributed by atoms with Crippen molar-refractivity contribution < 1.29 is 14.6 Å². The Morgan fingerprint density at radius 2 is 1.80 bits per heavy atom. The highest BCUT2D eigenvalue weighted by Gasteiger charge is 2.06. The van der Waals surface area contributed by atoms with Gasteiger partial charge < -0.3 is 9.84 Å². The molecule has 0 spiro atoms. The summed E-state index contributed by atoms with van der Waals surface area (Å²) in [7, 11) is 0. The minimum absolute atomic E-state index is 0.403. The average molecular weight is 437 g/mol. The molecular weight excluding hydrogens is 416 g/mol. The van der Waals surface area contributed by atoms with Crippen LogP contribution in [-0.2, 0) is 11.2 Å². The second-order valence-electron chi connectivity index (χ2n) is 6.63. The molecule has 0 unspecified atom stereocenters. The van der Waals surface area contributed by atoms with Gasteiger partial charge in [0.1, 0.15) is 5.75 Å². The highest BCUT2D eigenvalue weighted by atomic mass is 35.5. The Morgan fingerprint density at radius 1 is 1.03 bits per heavy atom. The van der Waals surface area contributed by atoms with Crippen molar-refractivity contribution in [2.75, 3.05) is 12.4 Å². The van der Waals surface area contributed by atoms with Gasteiger partial charge in [0.2, 0.25) is 0 Å². The van der Waals surface area contributed by atoms with E-state index in [4.69, 9.17) is 21.4 Å². The number of halogens is 1. The highest BCUT2D eigenvalue weighted by molar-refractivity contribution is 7.99. The van der Waals surface area contributed by atoms with E-state index in [9.17, 15) is 4.79 Å². The molecule has 3 aromatic rings.